The van der Waals surface area contributed by atoms with Gasteiger partial charge < -0.3 is 4.74 Å². The summed E-state index contributed by atoms with van der Waals surface area (Å²) in [6.45, 7) is 1.51. The van der Waals surface area contributed by atoms with Crippen LogP contribution in [0.5, 0.6) is 0 Å². The van der Waals surface area contributed by atoms with E-state index in [0.29, 0.717) is 11.8 Å². The molecule has 0 N–H and O–H groups in total. The first-order valence-electron chi connectivity index (χ1n) is 9.21. The zero-order valence-electron chi connectivity index (χ0n) is 15.0. The highest BCUT2D eigenvalue weighted by molar-refractivity contribution is 6.07. The average Bonchev–Trinajstić information content (AvgIpc) is 3.46. The third kappa shape index (κ3) is 2.85. The average molecular weight is 357 g/mol. The SMILES string of the molecule is CC(=O)N1N=C(c2cc(C3CC3)nc3ccccc23)O[C@H]1c1ccccc1. The first-order valence-corrected chi connectivity index (χ1v) is 9.21. The fourth-order valence-electron chi connectivity index (χ4n) is 3.47. The summed E-state index contributed by atoms with van der Waals surface area (Å²) < 4.78 is 6.20. The number of nitrogens with zero attached hydrogens (tertiary/aromatic N) is 3. The van der Waals surface area contributed by atoms with Crippen LogP contribution in [0.15, 0.2) is 65.8 Å². The van der Waals surface area contributed by atoms with Crippen LogP contribution in [0.1, 0.15) is 48.7 Å². The molecule has 5 nitrogen and oxygen atoms in total. The lowest BCUT2D eigenvalue weighted by atomic mass is 10.1. The molecule has 0 unspecified atom stereocenters. The van der Waals surface area contributed by atoms with E-state index in [2.05, 4.69) is 11.2 Å². The Balaban J connectivity index is 1.62. The number of ether oxygens (including phenoxy) is 1. The van der Waals surface area contributed by atoms with Gasteiger partial charge in [-0.05, 0) is 25.0 Å². The van der Waals surface area contributed by atoms with Gasteiger partial charge in [-0.1, -0.05) is 48.5 Å². The molecule has 5 heteroatoms. The first kappa shape index (κ1) is 16.0. The predicted octanol–water partition coefficient (Wildman–Crippen LogP) is 4.35. The van der Waals surface area contributed by atoms with Crippen molar-refractivity contribution in [2.45, 2.75) is 31.9 Å². The number of pyridine rings is 1. The molecule has 1 atom stereocenters. The number of hydrogen-bond donors (Lipinski definition) is 0. The first-order chi connectivity index (χ1) is 13.2. The van der Waals surface area contributed by atoms with Crippen LogP contribution in [0.3, 0.4) is 0 Å². The van der Waals surface area contributed by atoms with Crippen molar-refractivity contribution in [3.05, 3.63) is 77.5 Å². The number of hydrogen-bond acceptors (Lipinski definition) is 4. The van der Waals surface area contributed by atoms with E-state index < -0.39 is 6.23 Å². The second-order valence-corrected chi connectivity index (χ2v) is 7.04. The predicted molar refractivity (Wildman–Crippen MR) is 103 cm³/mol. The van der Waals surface area contributed by atoms with Crippen molar-refractivity contribution in [3.63, 3.8) is 0 Å². The standard InChI is InChI=1S/C22H19N3O2/c1-14(26)25-22(16-7-3-2-4-8-16)27-21(24-25)18-13-20(15-11-12-15)23-19-10-6-5-9-17(18)19/h2-10,13,15,22H,11-12H2,1H3/t22-/m0/s1. The van der Waals surface area contributed by atoms with E-state index in [1.54, 1.807) is 0 Å². The second-order valence-electron chi connectivity index (χ2n) is 7.04. The van der Waals surface area contributed by atoms with Crippen molar-refractivity contribution in [2.75, 3.05) is 0 Å². The number of aromatic nitrogens is 1. The van der Waals surface area contributed by atoms with E-state index >= 15 is 0 Å². The maximum absolute atomic E-state index is 12.2. The maximum atomic E-state index is 12.2. The summed E-state index contributed by atoms with van der Waals surface area (Å²) in [4.78, 5) is 17.0. The fourth-order valence-corrected chi connectivity index (χ4v) is 3.47. The molecule has 0 saturated heterocycles. The smallest absolute Gasteiger partial charge is 0.243 e. The number of carbonyl (C=O) groups excluding carboxylic acids is 1. The largest absolute Gasteiger partial charge is 0.446 e. The van der Waals surface area contributed by atoms with Gasteiger partial charge in [-0.2, -0.15) is 5.01 Å². The van der Waals surface area contributed by atoms with Crippen LogP contribution in [-0.4, -0.2) is 21.8 Å². The van der Waals surface area contributed by atoms with Gasteiger partial charge in [0.2, 0.25) is 18.0 Å². The van der Waals surface area contributed by atoms with Gasteiger partial charge in [0.05, 0.1) is 5.52 Å². The lowest BCUT2D eigenvalue weighted by Crippen LogP contribution is -2.25. The van der Waals surface area contributed by atoms with Gasteiger partial charge in [-0.15, -0.1) is 5.10 Å². The lowest BCUT2D eigenvalue weighted by molar-refractivity contribution is -0.135. The van der Waals surface area contributed by atoms with Gasteiger partial charge in [-0.25, -0.2) is 0 Å². The summed E-state index contributed by atoms with van der Waals surface area (Å²) in [5.74, 6) is 0.836. The molecular weight excluding hydrogens is 338 g/mol. The molecule has 1 aliphatic carbocycles. The van der Waals surface area contributed by atoms with Crippen molar-refractivity contribution in [1.29, 1.82) is 0 Å². The molecule has 0 spiro atoms. The highest BCUT2D eigenvalue weighted by Crippen LogP contribution is 2.41. The summed E-state index contributed by atoms with van der Waals surface area (Å²) >= 11 is 0. The highest BCUT2D eigenvalue weighted by atomic mass is 16.5. The number of carbonyl (C=O) groups is 1. The molecule has 27 heavy (non-hydrogen) atoms. The van der Waals surface area contributed by atoms with Gasteiger partial charge in [0.25, 0.3) is 0 Å². The molecule has 1 aromatic heterocycles. The highest BCUT2D eigenvalue weighted by Gasteiger charge is 2.34. The number of amides is 1. The molecule has 5 rings (SSSR count). The molecule has 2 aliphatic rings. The van der Waals surface area contributed by atoms with E-state index in [-0.39, 0.29) is 5.91 Å². The zero-order valence-corrected chi connectivity index (χ0v) is 15.0. The van der Waals surface area contributed by atoms with E-state index in [4.69, 9.17) is 9.72 Å². The van der Waals surface area contributed by atoms with Crippen LogP contribution in [0.4, 0.5) is 0 Å². The minimum Gasteiger partial charge on any atom is -0.446 e. The van der Waals surface area contributed by atoms with E-state index in [1.807, 2.05) is 54.6 Å². The Morgan fingerprint density at radius 3 is 2.56 bits per heavy atom. The molecule has 1 aliphatic heterocycles. The maximum Gasteiger partial charge on any atom is 0.243 e. The summed E-state index contributed by atoms with van der Waals surface area (Å²) in [6, 6.07) is 19.8. The minimum atomic E-state index is -0.546. The summed E-state index contributed by atoms with van der Waals surface area (Å²) in [6.07, 6.45) is 1.80. The van der Waals surface area contributed by atoms with Gasteiger partial charge in [0.15, 0.2) is 0 Å². The topological polar surface area (TPSA) is 54.8 Å². The van der Waals surface area contributed by atoms with Crippen LogP contribution in [0, 0.1) is 0 Å². The van der Waals surface area contributed by atoms with Crippen LogP contribution < -0.4 is 0 Å². The number of rotatable bonds is 3. The monoisotopic (exact) mass is 357 g/mol. The Morgan fingerprint density at radius 1 is 1.07 bits per heavy atom. The summed E-state index contributed by atoms with van der Waals surface area (Å²) in [7, 11) is 0. The van der Waals surface area contributed by atoms with Crippen molar-refractivity contribution >= 4 is 22.7 Å². The molecule has 1 fully saturated rings. The second kappa shape index (κ2) is 6.20. The molecule has 3 aromatic rings. The Bertz CT molecular complexity index is 1060. The normalized spacial score (nSPS) is 19.1. The van der Waals surface area contributed by atoms with Crippen LogP contribution in [0.2, 0.25) is 0 Å². The fraction of sp³-hybridized carbons (Fsp3) is 0.227. The number of hydrazone groups is 1. The molecule has 2 heterocycles. The Hall–Kier alpha value is -3.21. The van der Waals surface area contributed by atoms with Crippen molar-refractivity contribution < 1.29 is 9.53 Å². The Morgan fingerprint density at radius 2 is 1.81 bits per heavy atom. The third-order valence-corrected chi connectivity index (χ3v) is 5.01. The molecule has 2 aromatic carbocycles. The zero-order chi connectivity index (χ0) is 18.4. The molecular formula is C22H19N3O2. The molecule has 0 radical (unpaired) electrons. The van der Waals surface area contributed by atoms with Gasteiger partial charge in [0.1, 0.15) is 0 Å². The summed E-state index contributed by atoms with van der Waals surface area (Å²) in [5, 5.41) is 6.93. The molecule has 134 valence electrons. The van der Waals surface area contributed by atoms with Crippen LogP contribution >= 0.6 is 0 Å². The lowest BCUT2D eigenvalue weighted by Gasteiger charge is -2.19. The van der Waals surface area contributed by atoms with E-state index in [0.717, 1.165) is 27.7 Å². The van der Waals surface area contributed by atoms with Gasteiger partial charge >= 0.3 is 0 Å². The molecule has 1 saturated carbocycles. The quantitative estimate of drug-likeness (QED) is 0.700. The van der Waals surface area contributed by atoms with Crippen molar-refractivity contribution in [3.8, 4) is 0 Å². The van der Waals surface area contributed by atoms with E-state index in [1.165, 1.54) is 24.8 Å². The van der Waals surface area contributed by atoms with E-state index in [9.17, 15) is 4.79 Å². The number of benzene rings is 2. The van der Waals surface area contributed by atoms with Crippen molar-refractivity contribution in [1.82, 2.24) is 9.99 Å². The number of fused-ring (bicyclic) bond motifs is 1. The summed E-state index contributed by atoms with van der Waals surface area (Å²) in [5.41, 5.74) is 3.80. The molecule has 0 bridgehead atoms. The van der Waals surface area contributed by atoms with Crippen LogP contribution in [0.25, 0.3) is 10.9 Å². The number of para-hydroxylation sites is 1. The Kier molecular flexibility index (Phi) is 3.67. The molecule has 1 amide bonds. The minimum absolute atomic E-state index is 0.153. The third-order valence-electron chi connectivity index (χ3n) is 5.01. The van der Waals surface area contributed by atoms with Crippen molar-refractivity contribution in [2.24, 2.45) is 5.10 Å². The Labute approximate surface area is 157 Å². The van der Waals surface area contributed by atoms with Gasteiger partial charge in [0, 0.05) is 35.0 Å². The van der Waals surface area contributed by atoms with Crippen LogP contribution in [-0.2, 0) is 9.53 Å². The van der Waals surface area contributed by atoms with Gasteiger partial charge in [-0.3, -0.25) is 9.78 Å².